The fourth-order valence-electron chi connectivity index (χ4n) is 4.00. The van der Waals surface area contributed by atoms with Crippen LogP contribution in [-0.2, 0) is 9.53 Å². The smallest absolute Gasteiger partial charge is 0.331 e. The first kappa shape index (κ1) is 18.3. The number of carbonyl (C=O) groups is 2. The predicted octanol–water partition coefficient (Wildman–Crippen LogP) is 3.79. The van der Waals surface area contributed by atoms with E-state index in [2.05, 4.69) is 10.3 Å². The average Bonchev–Trinajstić information content (AvgIpc) is 3.28. The van der Waals surface area contributed by atoms with Crippen LogP contribution in [0.3, 0.4) is 0 Å². The minimum Gasteiger partial charge on any atom is -0.464 e. The van der Waals surface area contributed by atoms with Gasteiger partial charge in [-0.1, -0.05) is 12.8 Å². The zero-order valence-electron chi connectivity index (χ0n) is 16.1. The van der Waals surface area contributed by atoms with Crippen LogP contribution < -0.4 is 5.32 Å². The summed E-state index contributed by atoms with van der Waals surface area (Å²) in [5.74, 6) is 0.838. The Kier molecular flexibility index (Phi) is 4.66. The summed E-state index contributed by atoms with van der Waals surface area (Å²) in [6.07, 6.45) is 5.38. The van der Waals surface area contributed by atoms with E-state index in [1.165, 1.54) is 11.3 Å². The van der Waals surface area contributed by atoms with E-state index in [1.807, 2.05) is 13.8 Å². The van der Waals surface area contributed by atoms with Gasteiger partial charge in [-0.15, -0.1) is 11.3 Å². The molecule has 0 bridgehead atoms. The number of thiophene rings is 1. The van der Waals surface area contributed by atoms with Gasteiger partial charge in [-0.05, 0) is 52.0 Å². The van der Waals surface area contributed by atoms with E-state index in [0.29, 0.717) is 30.2 Å². The number of esters is 1. The second kappa shape index (κ2) is 6.86. The molecule has 2 heterocycles. The lowest BCUT2D eigenvalue weighted by Gasteiger charge is -2.27. The number of carbonyl (C=O) groups excluding carboxylic acids is 2. The Morgan fingerprint density at radius 2 is 1.93 bits per heavy atom. The lowest BCUT2D eigenvalue weighted by atomic mass is 9.97. The van der Waals surface area contributed by atoms with Crippen LogP contribution in [-0.4, -0.2) is 34.0 Å². The third-order valence-electron chi connectivity index (χ3n) is 5.61. The predicted molar refractivity (Wildman–Crippen MR) is 104 cm³/mol. The van der Waals surface area contributed by atoms with Gasteiger partial charge < -0.3 is 10.1 Å². The minimum absolute atomic E-state index is 0.210. The van der Waals surface area contributed by atoms with Gasteiger partial charge in [0.25, 0.3) is 5.91 Å². The number of hydrogen-bond donors (Lipinski definition) is 1. The highest BCUT2D eigenvalue weighted by molar-refractivity contribution is 7.20. The summed E-state index contributed by atoms with van der Waals surface area (Å²) in [5.41, 5.74) is 0.926. The van der Waals surface area contributed by atoms with Gasteiger partial charge >= 0.3 is 5.97 Å². The fourth-order valence-corrected chi connectivity index (χ4v) is 5.14. The van der Waals surface area contributed by atoms with Crippen molar-refractivity contribution in [1.29, 1.82) is 0 Å². The van der Waals surface area contributed by atoms with Crippen LogP contribution in [0.25, 0.3) is 10.2 Å². The van der Waals surface area contributed by atoms with Crippen molar-refractivity contribution in [3.8, 4) is 0 Å². The van der Waals surface area contributed by atoms with Gasteiger partial charge in [-0.3, -0.25) is 4.79 Å². The Balaban J connectivity index is 1.67. The molecule has 2 aromatic heterocycles. The summed E-state index contributed by atoms with van der Waals surface area (Å²) in [6, 6.07) is 0. The van der Waals surface area contributed by atoms with Gasteiger partial charge in [-0.25, -0.2) is 14.8 Å². The molecule has 6 nitrogen and oxygen atoms in total. The van der Waals surface area contributed by atoms with Crippen LogP contribution in [0, 0.1) is 13.8 Å². The average molecular weight is 388 g/mol. The van der Waals surface area contributed by atoms with Crippen LogP contribution >= 0.6 is 11.3 Å². The maximum absolute atomic E-state index is 13.1. The van der Waals surface area contributed by atoms with Crippen molar-refractivity contribution in [3.05, 3.63) is 22.0 Å². The monoisotopic (exact) mass is 387 g/mol. The maximum atomic E-state index is 13.1. The Morgan fingerprint density at radius 1 is 1.22 bits per heavy atom. The molecule has 0 radical (unpaired) electrons. The molecule has 7 heteroatoms. The quantitative estimate of drug-likeness (QED) is 0.790. The Labute approximate surface area is 162 Å². The summed E-state index contributed by atoms with van der Waals surface area (Å²) < 4.78 is 5.25. The standard InChI is InChI=1S/C20H25N3O3S/c1-4-26-19(25)20(9-5-6-10-20)23-17(24)15-11(2)14-12(3)21-16(13-7-8-13)22-18(14)27-15/h13H,4-10H2,1-3H3,(H,23,24). The highest BCUT2D eigenvalue weighted by Crippen LogP contribution is 2.40. The zero-order valence-corrected chi connectivity index (χ0v) is 16.9. The molecule has 27 heavy (non-hydrogen) atoms. The van der Waals surface area contributed by atoms with Crippen LogP contribution in [0.2, 0.25) is 0 Å². The number of aromatic nitrogens is 2. The van der Waals surface area contributed by atoms with Crippen molar-refractivity contribution < 1.29 is 14.3 Å². The molecule has 2 aliphatic rings. The number of amides is 1. The number of rotatable bonds is 5. The summed E-state index contributed by atoms with van der Waals surface area (Å²) >= 11 is 1.40. The third kappa shape index (κ3) is 3.22. The summed E-state index contributed by atoms with van der Waals surface area (Å²) in [4.78, 5) is 36.5. The summed E-state index contributed by atoms with van der Waals surface area (Å²) in [5, 5.41) is 3.98. The Bertz CT molecular complexity index is 911. The van der Waals surface area contributed by atoms with Gasteiger partial charge in [0.05, 0.1) is 17.2 Å². The largest absolute Gasteiger partial charge is 0.464 e. The molecule has 0 aromatic carbocycles. The highest BCUT2D eigenvalue weighted by Gasteiger charge is 2.44. The molecule has 1 amide bonds. The fraction of sp³-hybridized carbons (Fsp3) is 0.600. The number of aryl methyl sites for hydroxylation is 2. The van der Waals surface area contributed by atoms with Crippen LogP contribution in [0.1, 0.15) is 78.1 Å². The number of fused-ring (bicyclic) bond motifs is 1. The van der Waals surface area contributed by atoms with Crippen LogP contribution in [0.15, 0.2) is 0 Å². The molecule has 2 fully saturated rings. The van der Waals surface area contributed by atoms with Crippen molar-refractivity contribution in [2.75, 3.05) is 6.61 Å². The van der Waals surface area contributed by atoms with Crippen molar-refractivity contribution in [1.82, 2.24) is 15.3 Å². The van der Waals surface area contributed by atoms with E-state index in [9.17, 15) is 9.59 Å². The number of ether oxygens (including phenoxy) is 1. The molecule has 0 aliphatic heterocycles. The van der Waals surface area contributed by atoms with E-state index < -0.39 is 5.54 Å². The molecule has 0 saturated heterocycles. The van der Waals surface area contributed by atoms with E-state index in [1.54, 1.807) is 6.92 Å². The van der Waals surface area contributed by atoms with E-state index >= 15 is 0 Å². The number of nitrogens with zero attached hydrogens (tertiary/aromatic N) is 2. The van der Waals surface area contributed by atoms with Gasteiger partial charge in [0.1, 0.15) is 16.2 Å². The second-order valence-corrected chi connectivity index (χ2v) is 8.64. The van der Waals surface area contributed by atoms with Crippen molar-refractivity contribution in [2.45, 2.75) is 70.8 Å². The Hall–Kier alpha value is -2.02. The first-order valence-electron chi connectivity index (χ1n) is 9.72. The molecular weight excluding hydrogens is 362 g/mol. The van der Waals surface area contributed by atoms with E-state index in [4.69, 9.17) is 9.72 Å². The number of hydrogen-bond acceptors (Lipinski definition) is 6. The minimum atomic E-state index is -0.893. The molecular formula is C20H25N3O3S. The van der Waals surface area contributed by atoms with Gasteiger partial charge in [0.15, 0.2) is 0 Å². The zero-order chi connectivity index (χ0) is 19.2. The normalized spacial score (nSPS) is 18.6. The third-order valence-corrected chi connectivity index (χ3v) is 6.80. The molecule has 144 valence electrons. The van der Waals surface area contributed by atoms with Crippen molar-refractivity contribution in [2.24, 2.45) is 0 Å². The van der Waals surface area contributed by atoms with Crippen molar-refractivity contribution in [3.63, 3.8) is 0 Å². The molecule has 0 atom stereocenters. The van der Waals surface area contributed by atoms with Crippen LogP contribution in [0.5, 0.6) is 0 Å². The summed E-state index contributed by atoms with van der Waals surface area (Å²) in [6.45, 7) is 6.02. The Morgan fingerprint density at radius 3 is 2.56 bits per heavy atom. The maximum Gasteiger partial charge on any atom is 0.331 e. The van der Waals surface area contributed by atoms with E-state index in [0.717, 1.165) is 53.0 Å². The molecule has 0 unspecified atom stereocenters. The first-order valence-corrected chi connectivity index (χ1v) is 10.5. The summed E-state index contributed by atoms with van der Waals surface area (Å²) in [7, 11) is 0. The molecule has 0 spiro atoms. The SMILES string of the molecule is CCOC(=O)C1(NC(=O)c2sc3nc(C4CC4)nc(C)c3c2C)CCCC1. The van der Waals surface area contributed by atoms with Gasteiger partial charge in [0.2, 0.25) is 0 Å². The lowest BCUT2D eigenvalue weighted by molar-refractivity contribution is -0.150. The molecule has 2 aliphatic carbocycles. The molecule has 2 saturated carbocycles. The lowest BCUT2D eigenvalue weighted by Crippen LogP contribution is -2.53. The first-order chi connectivity index (χ1) is 12.9. The van der Waals surface area contributed by atoms with Crippen LogP contribution in [0.4, 0.5) is 0 Å². The second-order valence-electron chi connectivity index (χ2n) is 7.64. The van der Waals surface area contributed by atoms with Crippen molar-refractivity contribution >= 4 is 33.4 Å². The topological polar surface area (TPSA) is 81.2 Å². The van der Waals surface area contributed by atoms with E-state index in [-0.39, 0.29) is 11.9 Å². The van der Waals surface area contributed by atoms with Gasteiger partial charge in [-0.2, -0.15) is 0 Å². The molecule has 4 rings (SSSR count). The van der Waals surface area contributed by atoms with Gasteiger partial charge in [0, 0.05) is 11.3 Å². The molecule has 2 aromatic rings. The number of nitrogens with one attached hydrogen (secondary N) is 1. The molecule has 1 N–H and O–H groups in total. The highest BCUT2D eigenvalue weighted by atomic mass is 32.1.